The summed E-state index contributed by atoms with van der Waals surface area (Å²) in [7, 11) is 1.67. The molecule has 3 aromatic rings. The lowest BCUT2D eigenvalue weighted by Gasteiger charge is -2.07. The molecule has 0 radical (unpaired) electrons. The Morgan fingerprint density at radius 1 is 1.28 bits per heavy atom. The molecular weight excluding hydrogens is 356 g/mol. The fourth-order valence-electron chi connectivity index (χ4n) is 2.84. The van der Waals surface area contributed by atoms with Gasteiger partial charge in [0.1, 0.15) is 0 Å². The van der Waals surface area contributed by atoms with Crippen molar-refractivity contribution in [3.63, 3.8) is 0 Å². The predicted molar refractivity (Wildman–Crippen MR) is 103 cm³/mol. The molecule has 0 N–H and O–H groups in total. The number of methoxy groups -OCH3 is 1. The normalized spacial score (nSPS) is 12.1. The summed E-state index contributed by atoms with van der Waals surface area (Å²) >= 11 is 7.50. The van der Waals surface area contributed by atoms with Crippen molar-refractivity contribution in [2.75, 3.05) is 13.7 Å². The van der Waals surface area contributed by atoms with Gasteiger partial charge >= 0.3 is 0 Å². The average Bonchev–Trinajstić information content (AvgIpc) is 2.90. The van der Waals surface area contributed by atoms with Gasteiger partial charge in [0.25, 0.3) is 5.91 Å². The maximum Gasteiger partial charge on any atom is 0.279 e. The van der Waals surface area contributed by atoms with Crippen LogP contribution in [-0.2, 0) is 11.3 Å². The van der Waals surface area contributed by atoms with E-state index in [-0.39, 0.29) is 5.91 Å². The van der Waals surface area contributed by atoms with Crippen molar-refractivity contribution in [3.8, 4) is 0 Å². The number of fused-ring (bicyclic) bond motifs is 1. The van der Waals surface area contributed by atoms with Crippen LogP contribution in [0.15, 0.2) is 41.4 Å². The fourth-order valence-corrected chi connectivity index (χ4v) is 4.26. The molecular formula is C19H19ClN2O2S. The SMILES string of the molecule is COCCn1c(=NC(=O)c2cccc(Cl)c2)sc2cc(C)cc(C)c21. The number of ether oxygens (including phenoxy) is 1. The highest BCUT2D eigenvalue weighted by Gasteiger charge is 2.12. The summed E-state index contributed by atoms with van der Waals surface area (Å²) in [4.78, 5) is 17.6. The molecule has 0 unspecified atom stereocenters. The van der Waals surface area contributed by atoms with Crippen LogP contribution < -0.4 is 4.80 Å². The third-order valence-electron chi connectivity index (χ3n) is 3.90. The van der Waals surface area contributed by atoms with Gasteiger partial charge in [0, 0.05) is 24.2 Å². The average molecular weight is 375 g/mol. The van der Waals surface area contributed by atoms with Crippen LogP contribution in [0.2, 0.25) is 5.02 Å². The Morgan fingerprint density at radius 3 is 2.80 bits per heavy atom. The Bertz CT molecular complexity index is 1000. The van der Waals surface area contributed by atoms with E-state index in [0.717, 1.165) is 10.2 Å². The van der Waals surface area contributed by atoms with E-state index in [0.29, 0.717) is 28.5 Å². The van der Waals surface area contributed by atoms with E-state index < -0.39 is 0 Å². The molecule has 0 spiro atoms. The Kier molecular flexibility index (Phi) is 5.37. The van der Waals surface area contributed by atoms with Crippen LogP contribution in [0.1, 0.15) is 21.5 Å². The van der Waals surface area contributed by atoms with Gasteiger partial charge in [0.05, 0.1) is 16.8 Å². The van der Waals surface area contributed by atoms with E-state index in [1.807, 2.05) is 0 Å². The van der Waals surface area contributed by atoms with Gasteiger partial charge in [-0.05, 0) is 49.2 Å². The molecule has 1 aromatic heterocycles. The van der Waals surface area contributed by atoms with E-state index >= 15 is 0 Å². The van der Waals surface area contributed by atoms with Crippen molar-refractivity contribution in [1.29, 1.82) is 0 Å². The summed E-state index contributed by atoms with van der Waals surface area (Å²) in [5, 5.41) is 0.524. The van der Waals surface area contributed by atoms with Crippen molar-refractivity contribution in [3.05, 3.63) is 62.9 Å². The molecule has 4 nitrogen and oxygen atoms in total. The highest BCUT2D eigenvalue weighted by molar-refractivity contribution is 7.16. The van der Waals surface area contributed by atoms with Gasteiger partial charge < -0.3 is 9.30 Å². The molecule has 0 saturated carbocycles. The monoisotopic (exact) mass is 374 g/mol. The molecule has 2 aromatic carbocycles. The van der Waals surface area contributed by atoms with Gasteiger partial charge in [0.15, 0.2) is 4.80 Å². The van der Waals surface area contributed by atoms with E-state index in [1.54, 1.807) is 31.4 Å². The van der Waals surface area contributed by atoms with Crippen LogP contribution in [0.3, 0.4) is 0 Å². The first-order chi connectivity index (χ1) is 12.0. The molecule has 1 amide bonds. The zero-order valence-electron chi connectivity index (χ0n) is 14.4. The maximum absolute atomic E-state index is 12.6. The second-order valence-corrected chi connectivity index (χ2v) is 7.33. The smallest absolute Gasteiger partial charge is 0.279 e. The summed E-state index contributed by atoms with van der Waals surface area (Å²) in [6.45, 7) is 5.34. The first kappa shape index (κ1) is 17.9. The molecule has 0 bridgehead atoms. The molecule has 0 aliphatic carbocycles. The van der Waals surface area contributed by atoms with Crippen LogP contribution in [0.4, 0.5) is 0 Å². The minimum Gasteiger partial charge on any atom is -0.383 e. The number of carbonyl (C=O) groups is 1. The highest BCUT2D eigenvalue weighted by atomic mass is 35.5. The van der Waals surface area contributed by atoms with Crippen molar-refractivity contribution in [2.45, 2.75) is 20.4 Å². The van der Waals surface area contributed by atoms with Gasteiger partial charge in [-0.2, -0.15) is 4.99 Å². The first-order valence-corrected chi connectivity index (χ1v) is 9.13. The first-order valence-electron chi connectivity index (χ1n) is 7.94. The van der Waals surface area contributed by atoms with E-state index in [4.69, 9.17) is 16.3 Å². The topological polar surface area (TPSA) is 43.6 Å². The van der Waals surface area contributed by atoms with Crippen molar-refractivity contribution < 1.29 is 9.53 Å². The summed E-state index contributed by atoms with van der Waals surface area (Å²) in [5.74, 6) is -0.297. The summed E-state index contributed by atoms with van der Waals surface area (Å²) in [5.41, 5.74) is 3.94. The standard InChI is InChI=1S/C19H19ClN2O2S/c1-12-9-13(2)17-16(10-12)25-19(22(17)7-8-24-3)21-18(23)14-5-4-6-15(20)11-14/h4-6,9-11H,7-8H2,1-3H3. The number of amides is 1. The maximum atomic E-state index is 12.6. The number of hydrogen-bond acceptors (Lipinski definition) is 3. The van der Waals surface area contributed by atoms with Crippen LogP contribution in [0.5, 0.6) is 0 Å². The van der Waals surface area contributed by atoms with Crippen LogP contribution in [-0.4, -0.2) is 24.2 Å². The Balaban J connectivity index is 2.17. The zero-order chi connectivity index (χ0) is 18.0. The van der Waals surface area contributed by atoms with Crippen molar-refractivity contribution in [2.24, 2.45) is 4.99 Å². The lowest BCUT2D eigenvalue weighted by Crippen LogP contribution is -2.19. The third kappa shape index (κ3) is 3.84. The summed E-state index contributed by atoms with van der Waals surface area (Å²) in [6.07, 6.45) is 0. The number of hydrogen-bond donors (Lipinski definition) is 0. The predicted octanol–water partition coefficient (Wildman–Crippen LogP) is 4.36. The molecule has 130 valence electrons. The lowest BCUT2D eigenvalue weighted by atomic mass is 10.1. The molecule has 0 aliphatic heterocycles. The highest BCUT2D eigenvalue weighted by Crippen LogP contribution is 2.23. The van der Waals surface area contributed by atoms with Gasteiger partial charge in [-0.25, -0.2) is 0 Å². The molecule has 6 heteroatoms. The second-order valence-electron chi connectivity index (χ2n) is 5.88. The number of aromatic nitrogens is 1. The molecule has 3 rings (SSSR count). The summed E-state index contributed by atoms with van der Waals surface area (Å²) in [6, 6.07) is 11.1. The van der Waals surface area contributed by atoms with E-state index in [2.05, 4.69) is 35.5 Å². The number of benzene rings is 2. The summed E-state index contributed by atoms with van der Waals surface area (Å²) < 4.78 is 8.40. The number of aryl methyl sites for hydroxylation is 2. The number of nitrogens with zero attached hydrogens (tertiary/aromatic N) is 2. The van der Waals surface area contributed by atoms with Gasteiger partial charge in [-0.15, -0.1) is 0 Å². The molecule has 0 saturated heterocycles. The fraction of sp³-hybridized carbons (Fsp3) is 0.263. The quantitative estimate of drug-likeness (QED) is 0.681. The second kappa shape index (κ2) is 7.52. The van der Waals surface area contributed by atoms with E-state index in [1.165, 1.54) is 22.5 Å². The minimum absolute atomic E-state index is 0.297. The number of halogens is 1. The van der Waals surface area contributed by atoms with Crippen molar-refractivity contribution >= 4 is 39.1 Å². The molecule has 0 aliphatic rings. The van der Waals surface area contributed by atoms with Crippen LogP contribution in [0, 0.1) is 13.8 Å². The lowest BCUT2D eigenvalue weighted by molar-refractivity contribution is 0.0997. The van der Waals surface area contributed by atoms with Gasteiger partial charge in [-0.3, -0.25) is 4.79 Å². The zero-order valence-corrected chi connectivity index (χ0v) is 15.9. The number of rotatable bonds is 4. The van der Waals surface area contributed by atoms with E-state index in [9.17, 15) is 4.79 Å². The number of carbonyl (C=O) groups excluding carboxylic acids is 1. The Hall–Kier alpha value is -1.95. The molecule has 0 fully saturated rings. The molecule has 1 heterocycles. The van der Waals surface area contributed by atoms with Crippen LogP contribution in [0.25, 0.3) is 10.2 Å². The minimum atomic E-state index is -0.297. The Labute approximate surface area is 155 Å². The van der Waals surface area contributed by atoms with Crippen molar-refractivity contribution in [1.82, 2.24) is 4.57 Å². The van der Waals surface area contributed by atoms with Gasteiger partial charge in [-0.1, -0.05) is 35.1 Å². The number of thiazole rings is 1. The largest absolute Gasteiger partial charge is 0.383 e. The Morgan fingerprint density at radius 2 is 2.08 bits per heavy atom. The molecule has 25 heavy (non-hydrogen) atoms. The van der Waals surface area contributed by atoms with Crippen LogP contribution >= 0.6 is 22.9 Å². The van der Waals surface area contributed by atoms with Gasteiger partial charge in [0.2, 0.25) is 0 Å². The third-order valence-corrected chi connectivity index (χ3v) is 5.16. The molecule has 0 atom stereocenters.